The smallest absolute Gasteiger partial charge is 0.325 e. The second kappa shape index (κ2) is 7.94. The summed E-state index contributed by atoms with van der Waals surface area (Å²) >= 11 is 0. The van der Waals surface area contributed by atoms with Crippen LogP contribution in [0.3, 0.4) is 0 Å². The first-order chi connectivity index (χ1) is 9.97. The zero-order valence-corrected chi connectivity index (χ0v) is 12.3. The van der Waals surface area contributed by atoms with Crippen LogP contribution in [0.1, 0.15) is 19.4 Å². The number of aliphatic carboxylic acids is 1. The molecule has 1 aromatic carbocycles. The van der Waals surface area contributed by atoms with Crippen molar-refractivity contribution in [1.82, 2.24) is 5.32 Å². The highest BCUT2D eigenvalue weighted by Gasteiger charge is 2.11. The van der Waals surface area contributed by atoms with Gasteiger partial charge < -0.3 is 19.9 Å². The zero-order chi connectivity index (χ0) is 15.8. The van der Waals surface area contributed by atoms with E-state index in [2.05, 4.69) is 5.32 Å². The van der Waals surface area contributed by atoms with Crippen LogP contribution in [-0.2, 0) is 9.59 Å². The van der Waals surface area contributed by atoms with E-state index in [1.807, 2.05) is 6.92 Å². The molecule has 0 saturated heterocycles. The molecule has 0 spiro atoms. The minimum atomic E-state index is -1.08. The van der Waals surface area contributed by atoms with E-state index in [1.54, 1.807) is 31.4 Å². The van der Waals surface area contributed by atoms with Crippen molar-refractivity contribution in [3.05, 3.63) is 29.8 Å². The molecule has 0 bridgehead atoms. The maximum Gasteiger partial charge on any atom is 0.325 e. The van der Waals surface area contributed by atoms with Gasteiger partial charge in [0.1, 0.15) is 6.04 Å². The van der Waals surface area contributed by atoms with Gasteiger partial charge in [0.15, 0.2) is 11.5 Å². The lowest BCUT2D eigenvalue weighted by Gasteiger charge is -2.09. The molecule has 0 saturated carbocycles. The number of carboxylic acid groups (broad SMARTS) is 1. The van der Waals surface area contributed by atoms with E-state index in [4.69, 9.17) is 14.6 Å². The molecule has 1 aromatic rings. The molecule has 1 unspecified atom stereocenters. The van der Waals surface area contributed by atoms with Crippen LogP contribution in [0.25, 0.3) is 6.08 Å². The Morgan fingerprint density at radius 2 is 2.10 bits per heavy atom. The van der Waals surface area contributed by atoms with Gasteiger partial charge in [-0.1, -0.05) is 6.07 Å². The predicted molar refractivity (Wildman–Crippen MR) is 78.4 cm³/mol. The van der Waals surface area contributed by atoms with Crippen LogP contribution in [0, 0.1) is 0 Å². The highest BCUT2D eigenvalue weighted by Crippen LogP contribution is 2.28. The van der Waals surface area contributed by atoms with Crippen LogP contribution < -0.4 is 14.8 Å². The Morgan fingerprint density at radius 3 is 2.67 bits per heavy atom. The number of nitrogens with one attached hydrogen (secondary N) is 1. The van der Waals surface area contributed by atoms with Gasteiger partial charge >= 0.3 is 5.97 Å². The fraction of sp³-hybridized carbons (Fsp3) is 0.333. The third-order valence-electron chi connectivity index (χ3n) is 2.64. The highest BCUT2D eigenvalue weighted by molar-refractivity contribution is 5.94. The van der Waals surface area contributed by atoms with Gasteiger partial charge in [0.2, 0.25) is 5.91 Å². The van der Waals surface area contributed by atoms with E-state index in [9.17, 15) is 9.59 Å². The molecule has 21 heavy (non-hydrogen) atoms. The molecule has 0 aliphatic rings. The van der Waals surface area contributed by atoms with E-state index >= 15 is 0 Å². The summed E-state index contributed by atoms with van der Waals surface area (Å²) in [6.07, 6.45) is 2.85. The van der Waals surface area contributed by atoms with Gasteiger partial charge in [-0.15, -0.1) is 0 Å². The number of carbonyl (C=O) groups is 2. The van der Waals surface area contributed by atoms with Crippen molar-refractivity contribution in [2.45, 2.75) is 19.9 Å². The van der Waals surface area contributed by atoms with E-state index in [0.717, 1.165) is 5.56 Å². The number of hydrogen-bond acceptors (Lipinski definition) is 4. The summed E-state index contributed by atoms with van der Waals surface area (Å²) in [6, 6.07) is 4.32. The van der Waals surface area contributed by atoms with Crippen LogP contribution in [0.15, 0.2) is 24.3 Å². The zero-order valence-electron chi connectivity index (χ0n) is 12.3. The number of ether oxygens (including phenoxy) is 2. The third-order valence-corrected chi connectivity index (χ3v) is 2.64. The fourth-order valence-corrected chi connectivity index (χ4v) is 1.56. The SMILES string of the molecule is CCOc1cc(/C=C/C(=O)NC(C)C(=O)O)ccc1OC. The van der Waals surface area contributed by atoms with Gasteiger partial charge in [0, 0.05) is 6.08 Å². The largest absolute Gasteiger partial charge is 0.493 e. The molecule has 0 fully saturated rings. The van der Waals surface area contributed by atoms with E-state index < -0.39 is 17.9 Å². The Bertz CT molecular complexity index is 539. The minimum absolute atomic E-state index is 0.473. The minimum Gasteiger partial charge on any atom is -0.493 e. The van der Waals surface area contributed by atoms with Gasteiger partial charge in [0.05, 0.1) is 13.7 Å². The topological polar surface area (TPSA) is 84.9 Å². The van der Waals surface area contributed by atoms with Crippen LogP contribution in [0.4, 0.5) is 0 Å². The summed E-state index contributed by atoms with van der Waals surface area (Å²) in [7, 11) is 1.55. The molecule has 2 N–H and O–H groups in total. The van der Waals surface area contributed by atoms with Crippen molar-refractivity contribution in [3.63, 3.8) is 0 Å². The Kier molecular flexibility index (Phi) is 6.26. The molecule has 0 aromatic heterocycles. The molecule has 1 amide bonds. The van der Waals surface area contributed by atoms with Gasteiger partial charge in [-0.2, -0.15) is 0 Å². The summed E-state index contributed by atoms with van der Waals surface area (Å²) in [4.78, 5) is 22.2. The average molecular weight is 293 g/mol. The lowest BCUT2D eigenvalue weighted by molar-refractivity contribution is -0.140. The van der Waals surface area contributed by atoms with Crippen LogP contribution in [0.5, 0.6) is 11.5 Å². The molecule has 0 heterocycles. The summed E-state index contributed by atoms with van der Waals surface area (Å²) < 4.78 is 10.6. The van der Waals surface area contributed by atoms with Crippen LogP contribution in [0.2, 0.25) is 0 Å². The molecular weight excluding hydrogens is 274 g/mol. The third kappa shape index (κ3) is 5.18. The lowest BCUT2D eigenvalue weighted by Crippen LogP contribution is -2.37. The molecule has 114 valence electrons. The Hall–Kier alpha value is -2.50. The maximum absolute atomic E-state index is 11.5. The number of benzene rings is 1. The normalized spacial score (nSPS) is 12.0. The van der Waals surface area contributed by atoms with E-state index in [0.29, 0.717) is 18.1 Å². The molecule has 6 nitrogen and oxygen atoms in total. The molecule has 0 radical (unpaired) electrons. The second-order valence-electron chi connectivity index (χ2n) is 4.25. The number of carbonyl (C=O) groups excluding carboxylic acids is 1. The Balaban J connectivity index is 2.78. The summed E-state index contributed by atoms with van der Waals surface area (Å²) in [5.41, 5.74) is 0.748. The van der Waals surface area contributed by atoms with Gasteiger partial charge in [-0.05, 0) is 37.6 Å². The fourth-order valence-electron chi connectivity index (χ4n) is 1.56. The van der Waals surface area contributed by atoms with Gasteiger partial charge in [-0.25, -0.2) is 0 Å². The molecule has 0 aliphatic carbocycles. The number of carboxylic acids is 1. The lowest BCUT2D eigenvalue weighted by atomic mass is 10.2. The van der Waals surface area contributed by atoms with E-state index in [-0.39, 0.29) is 0 Å². The molecular formula is C15H19NO5. The maximum atomic E-state index is 11.5. The highest BCUT2D eigenvalue weighted by atomic mass is 16.5. The monoisotopic (exact) mass is 293 g/mol. The van der Waals surface area contributed by atoms with Crippen molar-refractivity contribution in [2.24, 2.45) is 0 Å². The van der Waals surface area contributed by atoms with Crippen molar-refractivity contribution >= 4 is 18.0 Å². The quantitative estimate of drug-likeness (QED) is 0.747. The Morgan fingerprint density at radius 1 is 1.38 bits per heavy atom. The Labute approximate surface area is 123 Å². The summed E-state index contributed by atoms with van der Waals surface area (Å²) in [5.74, 6) is -0.363. The summed E-state index contributed by atoms with van der Waals surface area (Å²) in [5, 5.41) is 11.0. The number of hydrogen-bond donors (Lipinski definition) is 2. The molecule has 0 aliphatic heterocycles. The van der Waals surface area contributed by atoms with Crippen LogP contribution >= 0.6 is 0 Å². The number of amides is 1. The van der Waals surface area contributed by atoms with Gasteiger partial charge in [-0.3, -0.25) is 9.59 Å². The van der Waals surface area contributed by atoms with Gasteiger partial charge in [0.25, 0.3) is 0 Å². The first-order valence-electron chi connectivity index (χ1n) is 6.50. The van der Waals surface area contributed by atoms with E-state index in [1.165, 1.54) is 13.0 Å². The summed E-state index contributed by atoms with van der Waals surface area (Å²) in [6.45, 7) is 3.76. The molecule has 6 heteroatoms. The predicted octanol–water partition coefficient (Wildman–Crippen LogP) is 1.70. The van der Waals surface area contributed by atoms with Crippen molar-refractivity contribution < 1.29 is 24.2 Å². The average Bonchev–Trinajstić information content (AvgIpc) is 2.45. The molecule has 1 rings (SSSR count). The first kappa shape index (κ1) is 16.6. The standard InChI is InChI=1S/C15H19NO5/c1-4-21-13-9-11(5-7-12(13)20-3)6-8-14(17)16-10(2)15(18)19/h5-10H,4H2,1-3H3,(H,16,17)(H,18,19)/b8-6+. The van der Waals surface area contributed by atoms with Crippen LogP contribution in [-0.4, -0.2) is 36.7 Å². The van der Waals surface area contributed by atoms with Crippen molar-refractivity contribution in [3.8, 4) is 11.5 Å². The number of rotatable bonds is 7. The van der Waals surface area contributed by atoms with Crippen molar-refractivity contribution in [1.29, 1.82) is 0 Å². The first-order valence-corrected chi connectivity index (χ1v) is 6.50. The molecule has 1 atom stereocenters. The number of methoxy groups -OCH3 is 1. The van der Waals surface area contributed by atoms with Crippen molar-refractivity contribution in [2.75, 3.05) is 13.7 Å². The second-order valence-corrected chi connectivity index (χ2v) is 4.25.